The molecule has 0 spiro atoms. The van der Waals surface area contributed by atoms with Gasteiger partial charge in [0.1, 0.15) is 12.1 Å². The van der Waals surface area contributed by atoms with Crippen molar-refractivity contribution in [1.82, 2.24) is 20.9 Å². The predicted molar refractivity (Wildman–Crippen MR) is 165 cm³/mol. The average molecular weight is 629 g/mol. The van der Waals surface area contributed by atoms with E-state index in [9.17, 15) is 38.7 Å². The molecule has 1 aliphatic rings. The summed E-state index contributed by atoms with van der Waals surface area (Å²) in [6, 6.07) is 4.33. The molecular weight excluding hydrogens is 584 g/mol. The van der Waals surface area contributed by atoms with Gasteiger partial charge in [-0.05, 0) is 62.1 Å². The highest BCUT2D eigenvalue weighted by molar-refractivity contribution is 6.12. The third-order valence-corrected chi connectivity index (χ3v) is 6.95. The largest absolute Gasteiger partial charge is 0.481 e. The molecule has 1 aromatic rings. The van der Waals surface area contributed by atoms with Gasteiger partial charge >= 0.3 is 12.0 Å². The quantitative estimate of drug-likeness (QED) is 0.0918. The smallest absolute Gasteiger partial charge is 0.312 e. The predicted octanol–water partition coefficient (Wildman–Crippen LogP) is 1.59. The Morgan fingerprint density at radius 3 is 2.07 bits per heavy atom. The first-order chi connectivity index (χ1) is 21.3. The van der Waals surface area contributed by atoms with E-state index in [-0.39, 0.29) is 44.2 Å². The molecule has 14 heteroatoms. The minimum absolute atomic E-state index is 0.0342. The first kappa shape index (κ1) is 36.4. The van der Waals surface area contributed by atoms with Gasteiger partial charge in [-0.3, -0.25) is 33.7 Å². The molecule has 14 nitrogen and oxygen atoms in total. The number of imide groups is 1. The summed E-state index contributed by atoms with van der Waals surface area (Å²) >= 11 is 0. The van der Waals surface area contributed by atoms with Crippen LogP contribution in [0.15, 0.2) is 36.4 Å². The summed E-state index contributed by atoms with van der Waals surface area (Å²) in [4.78, 5) is 85.8. The van der Waals surface area contributed by atoms with Gasteiger partial charge in [0.15, 0.2) is 0 Å². The number of primary amides is 1. The van der Waals surface area contributed by atoms with Crippen LogP contribution in [0, 0.1) is 5.92 Å². The van der Waals surface area contributed by atoms with Gasteiger partial charge in [-0.1, -0.05) is 32.4 Å². The fraction of sp³-hybridized carbons (Fsp3) is 0.516. The Kier molecular flexibility index (Phi) is 15.2. The maximum Gasteiger partial charge on any atom is 0.312 e. The van der Waals surface area contributed by atoms with E-state index in [0.29, 0.717) is 37.3 Å². The highest BCUT2D eigenvalue weighted by Gasteiger charge is 2.27. The van der Waals surface area contributed by atoms with Crippen LogP contribution in [0.4, 0.5) is 10.5 Å². The number of nitrogens with one attached hydrogen (secondary N) is 4. The van der Waals surface area contributed by atoms with E-state index in [1.54, 1.807) is 12.1 Å². The summed E-state index contributed by atoms with van der Waals surface area (Å²) in [5.41, 5.74) is 6.74. The molecule has 0 unspecified atom stereocenters. The second-order valence-electron chi connectivity index (χ2n) is 11.3. The first-order valence-electron chi connectivity index (χ1n) is 15.1. The molecule has 1 aliphatic heterocycles. The maximum atomic E-state index is 13.3. The number of nitrogens with two attached hydrogens (primary N) is 1. The van der Waals surface area contributed by atoms with Gasteiger partial charge in [0.25, 0.3) is 11.8 Å². The fourth-order valence-electron chi connectivity index (χ4n) is 4.67. The van der Waals surface area contributed by atoms with Gasteiger partial charge in [0, 0.05) is 43.8 Å². The lowest BCUT2D eigenvalue weighted by atomic mass is 10.0. The number of rotatable bonds is 20. The van der Waals surface area contributed by atoms with Crippen LogP contribution in [-0.4, -0.2) is 76.7 Å². The number of amides is 7. The average Bonchev–Trinajstić information content (AvgIpc) is 3.29. The molecular formula is C31H44N6O8. The number of carbonyl (C=O) groups is 7. The van der Waals surface area contributed by atoms with Crippen molar-refractivity contribution in [3.63, 3.8) is 0 Å². The van der Waals surface area contributed by atoms with Crippen molar-refractivity contribution in [3.8, 4) is 0 Å². The summed E-state index contributed by atoms with van der Waals surface area (Å²) in [7, 11) is 0. The van der Waals surface area contributed by atoms with Crippen LogP contribution in [0.1, 0.15) is 70.8 Å². The third-order valence-electron chi connectivity index (χ3n) is 6.95. The van der Waals surface area contributed by atoms with Crippen LogP contribution in [0.2, 0.25) is 0 Å². The van der Waals surface area contributed by atoms with Gasteiger partial charge in [0.2, 0.25) is 17.7 Å². The van der Waals surface area contributed by atoms with Crippen LogP contribution in [0.5, 0.6) is 0 Å². The third kappa shape index (κ3) is 14.1. The van der Waals surface area contributed by atoms with Crippen molar-refractivity contribution < 1.29 is 38.7 Å². The molecule has 45 heavy (non-hydrogen) atoms. The van der Waals surface area contributed by atoms with Crippen LogP contribution in [-0.2, 0) is 35.2 Å². The molecule has 7 amide bonds. The van der Waals surface area contributed by atoms with Gasteiger partial charge in [-0.2, -0.15) is 0 Å². The molecule has 0 aliphatic carbocycles. The molecule has 0 fully saturated rings. The van der Waals surface area contributed by atoms with Gasteiger partial charge in [-0.25, -0.2) is 4.79 Å². The van der Waals surface area contributed by atoms with Crippen LogP contribution < -0.4 is 27.0 Å². The molecule has 2 atom stereocenters. The number of aliphatic carboxylic acids is 1. The van der Waals surface area contributed by atoms with Crippen LogP contribution in [0.25, 0.3) is 0 Å². The topological polar surface area (TPSA) is 217 Å². The molecule has 7 N–H and O–H groups in total. The first-order valence-corrected chi connectivity index (χ1v) is 15.1. The second kappa shape index (κ2) is 18.8. The van der Waals surface area contributed by atoms with E-state index >= 15 is 0 Å². The molecule has 246 valence electrons. The molecule has 0 saturated heterocycles. The maximum absolute atomic E-state index is 13.3. The number of carboxylic acid groups (broad SMARTS) is 1. The molecule has 0 aromatic heterocycles. The van der Waals surface area contributed by atoms with Crippen molar-refractivity contribution in [2.24, 2.45) is 11.7 Å². The van der Waals surface area contributed by atoms with E-state index in [1.807, 2.05) is 12.1 Å². The number of carboxylic acids is 1. The molecule has 0 bridgehead atoms. The summed E-state index contributed by atoms with van der Waals surface area (Å²) in [6.45, 7) is 4.60. The Morgan fingerprint density at radius 1 is 0.822 bits per heavy atom. The lowest BCUT2D eigenvalue weighted by molar-refractivity contribution is -0.138. The molecule has 1 heterocycles. The SMILES string of the molecule is CC(C)Cc1ccc(NC(=O)[C@H](CCCNC(N)=O)NC(=O)[C@H](CCC(=O)O)NC(=O)CCCCCN2C(=O)C=CC2=O)cc1. The number of carbonyl (C=O) groups excluding carboxylic acids is 6. The summed E-state index contributed by atoms with van der Waals surface area (Å²) in [6.07, 6.45) is 4.59. The fourth-order valence-corrected chi connectivity index (χ4v) is 4.67. The van der Waals surface area contributed by atoms with E-state index in [1.165, 1.54) is 12.2 Å². The van der Waals surface area contributed by atoms with Crippen LogP contribution in [0.3, 0.4) is 0 Å². The van der Waals surface area contributed by atoms with E-state index in [2.05, 4.69) is 35.1 Å². The van der Waals surface area contributed by atoms with Crippen molar-refractivity contribution in [3.05, 3.63) is 42.0 Å². The molecule has 2 rings (SSSR count). The van der Waals surface area contributed by atoms with E-state index < -0.39 is 48.2 Å². The lowest BCUT2D eigenvalue weighted by Gasteiger charge is -2.23. The van der Waals surface area contributed by atoms with Crippen molar-refractivity contribution in [2.45, 2.75) is 83.7 Å². The number of nitrogens with zero attached hydrogens (tertiary/aromatic N) is 1. The molecule has 0 radical (unpaired) electrons. The van der Waals surface area contributed by atoms with Crippen molar-refractivity contribution in [2.75, 3.05) is 18.4 Å². The monoisotopic (exact) mass is 628 g/mol. The standard InChI is InChI=1S/C31H44N6O8/c1-20(2)19-21-9-11-22(12-10-21)34-29(43)23(7-6-17-33-31(32)45)36-30(44)24(13-16-28(41)42)35-25(38)8-4-3-5-18-37-26(39)14-15-27(37)40/h9-12,14-15,20,23-24H,3-8,13,16-19H2,1-2H3,(H,34,43)(H,35,38)(H,36,44)(H,41,42)(H3,32,33,45)/t23-,24-/m0/s1. The zero-order valence-corrected chi connectivity index (χ0v) is 25.8. The highest BCUT2D eigenvalue weighted by Crippen LogP contribution is 2.14. The molecule has 1 aromatic carbocycles. The van der Waals surface area contributed by atoms with E-state index in [0.717, 1.165) is 16.9 Å². The second-order valence-corrected chi connectivity index (χ2v) is 11.3. The van der Waals surface area contributed by atoms with Crippen LogP contribution >= 0.6 is 0 Å². The minimum atomic E-state index is -1.21. The normalized spacial score (nSPS) is 13.8. The van der Waals surface area contributed by atoms with E-state index in [4.69, 9.17) is 5.73 Å². The number of hydrogen-bond acceptors (Lipinski definition) is 7. The Morgan fingerprint density at radius 2 is 1.47 bits per heavy atom. The highest BCUT2D eigenvalue weighted by atomic mass is 16.4. The number of unbranched alkanes of at least 4 members (excludes halogenated alkanes) is 2. The number of hydrogen-bond donors (Lipinski definition) is 6. The minimum Gasteiger partial charge on any atom is -0.481 e. The van der Waals surface area contributed by atoms with Gasteiger partial charge in [0.05, 0.1) is 0 Å². The van der Waals surface area contributed by atoms with Crippen molar-refractivity contribution >= 4 is 47.2 Å². The van der Waals surface area contributed by atoms with Crippen molar-refractivity contribution in [1.29, 1.82) is 0 Å². The van der Waals surface area contributed by atoms with Gasteiger partial charge in [-0.15, -0.1) is 0 Å². The Hall–Kier alpha value is -4.75. The Bertz CT molecular complexity index is 1230. The number of benzene rings is 1. The number of urea groups is 1. The summed E-state index contributed by atoms with van der Waals surface area (Å²) in [5, 5.41) is 19.6. The molecule has 0 saturated carbocycles. The zero-order chi connectivity index (χ0) is 33.4. The zero-order valence-electron chi connectivity index (χ0n) is 25.8. The summed E-state index contributed by atoms with van der Waals surface area (Å²) in [5.74, 6) is -3.17. The number of anilines is 1. The lowest BCUT2D eigenvalue weighted by Crippen LogP contribution is -2.52. The van der Waals surface area contributed by atoms with Gasteiger partial charge < -0.3 is 32.1 Å². The Labute approximate surface area is 262 Å². The summed E-state index contributed by atoms with van der Waals surface area (Å²) < 4.78 is 0. The Balaban J connectivity index is 1.99.